The summed E-state index contributed by atoms with van der Waals surface area (Å²) in [6, 6.07) is 11.3. The highest BCUT2D eigenvalue weighted by Crippen LogP contribution is 2.43. The topological polar surface area (TPSA) is 154 Å². The number of aromatic hydroxyl groups is 2. The van der Waals surface area contributed by atoms with Gasteiger partial charge in [0, 0.05) is 55.0 Å². The second-order valence-corrected chi connectivity index (χ2v) is 11.1. The van der Waals surface area contributed by atoms with Crippen molar-refractivity contribution in [3.8, 4) is 34.3 Å². The molecule has 1 aromatic heterocycles. The van der Waals surface area contributed by atoms with Gasteiger partial charge in [0.2, 0.25) is 5.91 Å². The van der Waals surface area contributed by atoms with E-state index in [9.17, 15) is 19.8 Å². The fraction of sp³-hybridized carbons (Fsp3) is 0.433. The van der Waals surface area contributed by atoms with Gasteiger partial charge >= 0.3 is 0 Å². The summed E-state index contributed by atoms with van der Waals surface area (Å²) < 4.78 is 11.3. The number of carbonyl (C=O) groups excluding carboxylic acids is 2. The number of aromatic nitrogens is 1. The molecule has 0 unspecified atom stereocenters. The first kappa shape index (κ1) is 28.4. The zero-order valence-corrected chi connectivity index (χ0v) is 23.4. The van der Waals surface area contributed by atoms with Gasteiger partial charge < -0.3 is 40.3 Å². The summed E-state index contributed by atoms with van der Waals surface area (Å²) in [4.78, 5) is 29.3. The van der Waals surface area contributed by atoms with Crippen LogP contribution in [0.15, 0.2) is 47.0 Å². The number of phenols is 2. The van der Waals surface area contributed by atoms with Crippen LogP contribution < -0.4 is 15.8 Å². The molecule has 11 heteroatoms. The molecule has 1 saturated heterocycles. The fourth-order valence-corrected chi connectivity index (χ4v) is 5.84. The van der Waals surface area contributed by atoms with Gasteiger partial charge in [-0.05, 0) is 76.9 Å². The number of hydrogen-bond acceptors (Lipinski definition) is 9. The number of ether oxygens (including phenoxy) is 1. The number of carbonyl (C=O) groups is 2. The molecule has 41 heavy (non-hydrogen) atoms. The molecule has 2 amide bonds. The van der Waals surface area contributed by atoms with Gasteiger partial charge in [0.05, 0.1) is 0 Å². The standard InChI is InChI=1S/C30H37N5O6/c1-34(2)20-5-7-21(8-6-20)35-13-11-19(12-14-35)32-30(39)24-17-27(41-33-24)28-25(37)15-22(36)16-26(28)40-23-9-3-18(4-10-23)29(31)38/h3-4,9-10,15-17,19-21,36-37H,5-8,11-14H2,1-2H3,(H2,31,38)(H,32,39). The summed E-state index contributed by atoms with van der Waals surface area (Å²) in [5.74, 6) is -0.978. The number of hydrogen-bond donors (Lipinski definition) is 4. The van der Waals surface area contributed by atoms with Crippen LogP contribution in [-0.2, 0) is 0 Å². The van der Waals surface area contributed by atoms with Crippen molar-refractivity contribution < 1.29 is 29.1 Å². The van der Waals surface area contributed by atoms with Crippen LogP contribution in [0.3, 0.4) is 0 Å². The van der Waals surface area contributed by atoms with E-state index in [0.717, 1.165) is 32.0 Å². The van der Waals surface area contributed by atoms with Gasteiger partial charge in [0.1, 0.15) is 28.6 Å². The minimum atomic E-state index is -0.576. The van der Waals surface area contributed by atoms with Crippen LogP contribution in [0.4, 0.5) is 0 Å². The predicted octanol–water partition coefficient (Wildman–Crippen LogP) is 3.71. The maximum Gasteiger partial charge on any atom is 0.273 e. The van der Waals surface area contributed by atoms with Crippen LogP contribution in [-0.4, -0.2) is 82.3 Å². The van der Waals surface area contributed by atoms with Crippen molar-refractivity contribution in [3.05, 3.63) is 53.7 Å². The highest BCUT2D eigenvalue weighted by Gasteiger charge is 2.30. The number of amides is 2. The molecule has 0 bridgehead atoms. The Balaban J connectivity index is 1.21. The van der Waals surface area contributed by atoms with Crippen LogP contribution in [0.1, 0.15) is 59.4 Å². The van der Waals surface area contributed by atoms with E-state index in [1.807, 2.05) is 0 Å². The molecule has 1 aliphatic carbocycles. The predicted molar refractivity (Wildman–Crippen MR) is 152 cm³/mol. The van der Waals surface area contributed by atoms with Crippen molar-refractivity contribution in [2.45, 2.75) is 56.7 Å². The number of nitrogens with zero attached hydrogens (tertiary/aromatic N) is 3. The van der Waals surface area contributed by atoms with Crippen LogP contribution in [0.25, 0.3) is 11.3 Å². The lowest BCUT2D eigenvalue weighted by molar-refractivity contribution is 0.0798. The van der Waals surface area contributed by atoms with E-state index in [1.54, 1.807) is 0 Å². The van der Waals surface area contributed by atoms with Crippen molar-refractivity contribution in [2.75, 3.05) is 27.2 Å². The lowest BCUT2D eigenvalue weighted by Crippen LogP contribution is -2.49. The Hall–Kier alpha value is -4.09. The van der Waals surface area contributed by atoms with E-state index in [0.29, 0.717) is 23.4 Å². The quantitative estimate of drug-likeness (QED) is 0.321. The average Bonchev–Trinajstić information content (AvgIpc) is 3.43. The van der Waals surface area contributed by atoms with Crippen molar-refractivity contribution in [2.24, 2.45) is 5.73 Å². The zero-order valence-electron chi connectivity index (χ0n) is 23.4. The van der Waals surface area contributed by atoms with Crippen LogP contribution in [0.2, 0.25) is 0 Å². The Bertz CT molecular complexity index is 1370. The molecule has 2 aliphatic rings. The number of nitrogens with two attached hydrogens (primary N) is 1. The Morgan fingerprint density at radius 3 is 2.34 bits per heavy atom. The SMILES string of the molecule is CN(C)C1CCC(N2CCC(NC(=O)c3cc(-c4c(O)cc(O)cc4Oc4ccc(C(N)=O)cc4)on3)CC2)CC1. The van der Waals surface area contributed by atoms with Gasteiger partial charge in [-0.15, -0.1) is 0 Å². The molecule has 5 N–H and O–H groups in total. The molecule has 1 aliphatic heterocycles. The minimum Gasteiger partial charge on any atom is -0.508 e. The van der Waals surface area contributed by atoms with E-state index in [-0.39, 0.29) is 46.2 Å². The number of piperidine rings is 1. The maximum atomic E-state index is 13.0. The minimum absolute atomic E-state index is 0.0429. The van der Waals surface area contributed by atoms with E-state index in [1.165, 1.54) is 62.1 Å². The molecular formula is C30H37N5O6. The van der Waals surface area contributed by atoms with Gasteiger partial charge in [-0.2, -0.15) is 0 Å². The number of nitrogens with one attached hydrogen (secondary N) is 1. The summed E-state index contributed by atoms with van der Waals surface area (Å²) in [5, 5.41) is 27.7. The Labute approximate surface area is 238 Å². The van der Waals surface area contributed by atoms with Gasteiger partial charge in [-0.3, -0.25) is 9.59 Å². The molecule has 11 nitrogen and oxygen atoms in total. The monoisotopic (exact) mass is 563 g/mol. The summed E-state index contributed by atoms with van der Waals surface area (Å²) in [6.07, 6.45) is 6.64. The first-order valence-corrected chi connectivity index (χ1v) is 14.0. The maximum absolute atomic E-state index is 13.0. The largest absolute Gasteiger partial charge is 0.508 e. The number of primary amides is 1. The Morgan fingerprint density at radius 2 is 1.71 bits per heavy atom. The van der Waals surface area contributed by atoms with E-state index >= 15 is 0 Å². The third-order valence-electron chi connectivity index (χ3n) is 8.20. The lowest BCUT2D eigenvalue weighted by atomic mass is 9.88. The number of likely N-dealkylation sites (tertiary alicyclic amines) is 1. The summed E-state index contributed by atoms with van der Waals surface area (Å²) in [7, 11) is 4.32. The molecule has 0 spiro atoms. The molecule has 2 fully saturated rings. The molecule has 1 saturated carbocycles. The highest BCUT2D eigenvalue weighted by molar-refractivity contribution is 5.94. The molecule has 3 aromatic rings. The molecule has 5 rings (SSSR count). The zero-order chi connectivity index (χ0) is 29.1. The first-order valence-electron chi connectivity index (χ1n) is 14.0. The van der Waals surface area contributed by atoms with E-state index < -0.39 is 5.91 Å². The fourth-order valence-electron chi connectivity index (χ4n) is 5.84. The second-order valence-electron chi connectivity index (χ2n) is 11.1. The first-order chi connectivity index (χ1) is 19.7. The average molecular weight is 564 g/mol. The van der Waals surface area contributed by atoms with Crippen molar-refractivity contribution in [1.82, 2.24) is 20.3 Å². The molecule has 0 atom stereocenters. The van der Waals surface area contributed by atoms with Crippen LogP contribution in [0.5, 0.6) is 23.0 Å². The molecule has 218 valence electrons. The van der Waals surface area contributed by atoms with E-state index in [4.69, 9.17) is 15.0 Å². The Kier molecular flexibility index (Phi) is 8.46. The number of benzene rings is 2. The molecule has 2 heterocycles. The molecule has 2 aromatic carbocycles. The van der Waals surface area contributed by atoms with Crippen molar-refractivity contribution >= 4 is 11.8 Å². The third kappa shape index (κ3) is 6.63. The second kappa shape index (κ2) is 12.2. The summed E-state index contributed by atoms with van der Waals surface area (Å²) >= 11 is 0. The molecule has 0 radical (unpaired) electrons. The van der Waals surface area contributed by atoms with Gasteiger partial charge in [-0.25, -0.2) is 0 Å². The summed E-state index contributed by atoms with van der Waals surface area (Å²) in [5.41, 5.74) is 5.79. The third-order valence-corrected chi connectivity index (χ3v) is 8.20. The van der Waals surface area contributed by atoms with Crippen molar-refractivity contribution in [3.63, 3.8) is 0 Å². The van der Waals surface area contributed by atoms with Crippen LogP contribution >= 0.6 is 0 Å². The number of rotatable bonds is 8. The summed E-state index contributed by atoms with van der Waals surface area (Å²) in [6.45, 7) is 1.91. The van der Waals surface area contributed by atoms with Gasteiger partial charge in [0.15, 0.2) is 11.5 Å². The number of phenolic OH excluding ortho intramolecular Hbond substituents is 2. The van der Waals surface area contributed by atoms with Gasteiger partial charge in [-0.1, -0.05) is 5.16 Å². The normalized spacial score (nSPS) is 20.2. The van der Waals surface area contributed by atoms with E-state index in [2.05, 4.69) is 34.4 Å². The van der Waals surface area contributed by atoms with Crippen molar-refractivity contribution in [1.29, 1.82) is 0 Å². The highest BCUT2D eigenvalue weighted by atomic mass is 16.5. The van der Waals surface area contributed by atoms with Crippen LogP contribution in [0, 0.1) is 0 Å². The Morgan fingerprint density at radius 1 is 1.02 bits per heavy atom. The lowest BCUT2D eigenvalue weighted by Gasteiger charge is -2.42. The smallest absolute Gasteiger partial charge is 0.273 e. The van der Waals surface area contributed by atoms with Gasteiger partial charge in [0.25, 0.3) is 5.91 Å². The molecular weight excluding hydrogens is 526 g/mol.